The Hall–Kier alpha value is -3.06. The Morgan fingerprint density at radius 1 is 1.28 bits per heavy atom. The molecule has 7 nitrogen and oxygen atoms in total. The number of carboxylic acid groups (broad SMARTS) is 1. The van der Waals surface area contributed by atoms with Gasteiger partial charge in [0.15, 0.2) is 0 Å². The maximum atomic E-state index is 12.5. The molecule has 1 saturated heterocycles. The van der Waals surface area contributed by atoms with Crippen LogP contribution in [0.25, 0.3) is 17.1 Å². The van der Waals surface area contributed by atoms with E-state index < -0.39 is 17.3 Å². The molecule has 2 fully saturated rings. The summed E-state index contributed by atoms with van der Waals surface area (Å²) in [6.45, 7) is 1.48. The van der Waals surface area contributed by atoms with Crippen LogP contribution in [0.5, 0.6) is 0 Å². The molecule has 2 aromatic heterocycles. The molecule has 2 N–H and O–H groups in total. The van der Waals surface area contributed by atoms with Gasteiger partial charge in [-0.15, -0.1) is 0 Å². The van der Waals surface area contributed by atoms with Gasteiger partial charge in [-0.1, -0.05) is 12.1 Å². The second kappa shape index (κ2) is 5.97. The van der Waals surface area contributed by atoms with Gasteiger partial charge in [0.2, 0.25) is 0 Å². The van der Waals surface area contributed by atoms with Crippen molar-refractivity contribution in [1.82, 2.24) is 24.8 Å². The number of fused-ring (bicyclic) bond motifs is 5. The molecule has 1 aliphatic carbocycles. The van der Waals surface area contributed by atoms with Crippen LogP contribution < -0.4 is 5.32 Å². The fourth-order valence-corrected chi connectivity index (χ4v) is 5.87. The van der Waals surface area contributed by atoms with Gasteiger partial charge in [0.05, 0.1) is 23.0 Å². The lowest BCUT2D eigenvalue weighted by molar-refractivity contribution is -0.147. The van der Waals surface area contributed by atoms with Crippen molar-refractivity contribution in [2.75, 3.05) is 6.54 Å². The van der Waals surface area contributed by atoms with E-state index in [4.69, 9.17) is 0 Å². The third-order valence-corrected chi connectivity index (χ3v) is 7.03. The summed E-state index contributed by atoms with van der Waals surface area (Å²) in [4.78, 5) is 26.2. The molecule has 1 aromatic carbocycles. The van der Waals surface area contributed by atoms with Gasteiger partial charge in [0.25, 0.3) is 0 Å². The lowest BCUT2D eigenvalue weighted by atomic mass is 9.63. The quantitative estimate of drug-likeness (QED) is 0.717. The number of allylic oxidation sites excluding steroid dienone is 1. The monoisotopic (exact) mass is 387 g/mol. The highest BCUT2D eigenvalue weighted by Gasteiger charge is 2.61. The summed E-state index contributed by atoms with van der Waals surface area (Å²) < 4.78 is 2.18. The third kappa shape index (κ3) is 2.22. The number of benzene rings is 1. The topological polar surface area (TPSA) is 92.9 Å². The molecule has 3 aliphatic rings. The average molecular weight is 387 g/mol. The molecule has 7 heteroatoms. The van der Waals surface area contributed by atoms with E-state index in [9.17, 15) is 9.90 Å². The zero-order chi connectivity index (χ0) is 19.6. The van der Waals surface area contributed by atoms with Crippen LogP contribution in [0.3, 0.4) is 0 Å². The van der Waals surface area contributed by atoms with Crippen molar-refractivity contribution in [3.63, 3.8) is 0 Å². The predicted molar refractivity (Wildman–Crippen MR) is 107 cm³/mol. The van der Waals surface area contributed by atoms with Crippen molar-refractivity contribution in [2.24, 2.45) is 11.8 Å². The maximum Gasteiger partial charge on any atom is 0.307 e. The first-order chi connectivity index (χ1) is 14.2. The van der Waals surface area contributed by atoms with Crippen LogP contribution in [0.2, 0.25) is 0 Å². The molecular weight excluding hydrogens is 366 g/mol. The minimum atomic E-state index is -0.727. The summed E-state index contributed by atoms with van der Waals surface area (Å²) in [6, 6.07) is 7.80. The highest BCUT2D eigenvalue weighted by molar-refractivity contribution is 5.81. The predicted octanol–water partition coefficient (Wildman–Crippen LogP) is 2.55. The second-order valence-electron chi connectivity index (χ2n) is 8.29. The molecular formula is C22H21N5O2. The van der Waals surface area contributed by atoms with E-state index in [2.05, 4.69) is 43.0 Å². The number of aromatic nitrogens is 4. The molecule has 146 valence electrons. The van der Waals surface area contributed by atoms with Gasteiger partial charge < -0.3 is 15.0 Å². The molecule has 0 amide bonds. The number of piperidine rings is 1. The van der Waals surface area contributed by atoms with Gasteiger partial charge in [-0.3, -0.25) is 4.79 Å². The minimum Gasteiger partial charge on any atom is -0.481 e. The molecule has 29 heavy (non-hydrogen) atoms. The highest BCUT2D eigenvalue weighted by atomic mass is 16.4. The van der Waals surface area contributed by atoms with E-state index in [1.165, 1.54) is 0 Å². The summed E-state index contributed by atoms with van der Waals surface area (Å²) in [5.41, 5.74) is 2.46. The largest absolute Gasteiger partial charge is 0.481 e. The van der Waals surface area contributed by atoms with E-state index in [0.29, 0.717) is 12.4 Å². The molecule has 4 atom stereocenters. The third-order valence-electron chi connectivity index (χ3n) is 7.03. The van der Waals surface area contributed by atoms with Crippen LogP contribution in [-0.2, 0) is 16.8 Å². The molecule has 1 saturated carbocycles. The Kier molecular flexibility index (Phi) is 3.47. The van der Waals surface area contributed by atoms with E-state index in [1.54, 1.807) is 18.5 Å². The van der Waals surface area contributed by atoms with Crippen molar-refractivity contribution < 1.29 is 9.90 Å². The van der Waals surface area contributed by atoms with Gasteiger partial charge in [-0.25, -0.2) is 15.0 Å². The van der Waals surface area contributed by atoms with Crippen LogP contribution in [0.1, 0.15) is 36.1 Å². The van der Waals surface area contributed by atoms with E-state index in [1.807, 2.05) is 12.1 Å². The minimum absolute atomic E-state index is 0.112. The number of rotatable bonds is 3. The second-order valence-corrected chi connectivity index (χ2v) is 8.29. The standard InChI is InChI=1S/C22H21N5O2/c28-21(29)18-13-6-7-22(18,19(25-12-13)20-23-8-2-9-24-20)14-4-5-15-16(11-14)27-10-1-3-17(27)26-15/h1-5,8-9,11,13,18-19,25H,6-7,10,12H2,(H,28,29). The number of nitrogens with zero attached hydrogens (tertiary/aromatic N) is 4. The SMILES string of the molecule is O=C(O)C1C2CCC1(c1ccc3nc4n(c3c1)CC=C4)C(c1ncccn1)NC2. The number of nitrogens with one attached hydrogen (secondary N) is 1. The van der Waals surface area contributed by atoms with Crippen LogP contribution in [-0.4, -0.2) is 37.1 Å². The molecule has 4 unspecified atom stereocenters. The Balaban J connectivity index is 1.58. The van der Waals surface area contributed by atoms with E-state index >= 15 is 0 Å². The van der Waals surface area contributed by atoms with Gasteiger partial charge in [0, 0.05) is 24.4 Å². The first-order valence-corrected chi connectivity index (χ1v) is 10.1. The van der Waals surface area contributed by atoms with Crippen molar-refractivity contribution in [3.05, 3.63) is 59.9 Å². The normalized spacial score (nSPS) is 30.0. The summed E-state index contributed by atoms with van der Waals surface area (Å²) in [6.07, 6.45) is 9.28. The molecule has 2 aliphatic heterocycles. The average Bonchev–Trinajstić information content (AvgIpc) is 3.40. The number of hydrogen-bond donors (Lipinski definition) is 2. The lowest BCUT2D eigenvalue weighted by Gasteiger charge is -2.45. The van der Waals surface area contributed by atoms with Gasteiger partial charge >= 0.3 is 5.97 Å². The summed E-state index contributed by atoms with van der Waals surface area (Å²) in [5, 5.41) is 13.8. The number of carbonyl (C=O) groups is 1. The number of aliphatic carboxylic acids is 1. The molecule has 0 radical (unpaired) electrons. The molecule has 3 aromatic rings. The van der Waals surface area contributed by atoms with Gasteiger partial charge in [-0.2, -0.15) is 0 Å². The van der Waals surface area contributed by atoms with Crippen LogP contribution in [0.15, 0.2) is 42.7 Å². The molecule has 0 spiro atoms. The van der Waals surface area contributed by atoms with Crippen LogP contribution >= 0.6 is 0 Å². The fourth-order valence-electron chi connectivity index (χ4n) is 5.87. The summed E-state index contributed by atoms with van der Waals surface area (Å²) in [7, 11) is 0. The van der Waals surface area contributed by atoms with Crippen molar-refractivity contribution in [1.29, 1.82) is 0 Å². The first kappa shape index (κ1) is 16.9. The van der Waals surface area contributed by atoms with Gasteiger partial charge in [-0.05, 0) is 55.1 Å². The van der Waals surface area contributed by atoms with E-state index in [0.717, 1.165) is 41.8 Å². The van der Waals surface area contributed by atoms with Crippen LogP contribution in [0, 0.1) is 11.8 Å². The van der Waals surface area contributed by atoms with Crippen molar-refractivity contribution >= 4 is 23.1 Å². The molecule has 6 rings (SSSR count). The van der Waals surface area contributed by atoms with Crippen LogP contribution in [0.4, 0.5) is 0 Å². The number of imidazole rings is 1. The Bertz CT molecular complexity index is 1150. The molecule has 2 bridgehead atoms. The maximum absolute atomic E-state index is 12.5. The van der Waals surface area contributed by atoms with Gasteiger partial charge in [0.1, 0.15) is 11.6 Å². The summed E-state index contributed by atoms with van der Waals surface area (Å²) >= 11 is 0. The molecule has 4 heterocycles. The highest BCUT2D eigenvalue weighted by Crippen LogP contribution is 2.58. The lowest BCUT2D eigenvalue weighted by Crippen LogP contribution is -2.54. The Morgan fingerprint density at radius 2 is 2.14 bits per heavy atom. The zero-order valence-electron chi connectivity index (χ0n) is 15.8. The fraction of sp³-hybridized carbons (Fsp3) is 0.364. The Morgan fingerprint density at radius 3 is 2.97 bits per heavy atom. The number of carboxylic acids is 1. The van der Waals surface area contributed by atoms with Crippen molar-refractivity contribution in [2.45, 2.75) is 30.8 Å². The number of hydrogen-bond acceptors (Lipinski definition) is 5. The first-order valence-electron chi connectivity index (χ1n) is 10.1. The van der Waals surface area contributed by atoms with Crippen molar-refractivity contribution in [3.8, 4) is 0 Å². The van der Waals surface area contributed by atoms with E-state index in [-0.39, 0.29) is 12.0 Å². The smallest absolute Gasteiger partial charge is 0.307 e. The zero-order valence-corrected chi connectivity index (χ0v) is 15.8. The summed E-state index contributed by atoms with van der Waals surface area (Å²) in [5.74, 6) is 0.545. The Labute approximate surface area is 167 Å².